The Labute approximate surface area is 106 Å². The summed E-state index contributed by atoms with van der Waals surface area (Å²) in [5.41, 5.74) is 0.331. The molecule has 1 aromatic carbocycles. The number of aromatic carboxylic acids is 1. The minimum atomic E-state index is -0.879. The second-order valence-electron chi connectivity index (χ2n) is 4.34. The maximum Gasteiger partial charge on any atom is 0.335 e. The van der Waals surface area contributed by atoms with Gasteiger partial charge in [0.2, 0.25) is 0 Å². The van der Waals surface area contributed by atoms with Crippen LogP contribution in [-0.2, 0) is 4.79 Å². The molecule has 0 aliphatic heterocycles. The lowest BCUT2D eigenvalue weighted by Gasteiger charge is -2.16. The minimum absolute atomic E-state index is 0.0289. The number of benzene rings is 1. The van der Waals surface area contributed by atoms with E-state index in [0.29, 0.717) is 5.56 Å². The predicted molar refractivity (Wildman–Crippen MR) is 67.6 cm³/mol. The van der Waals surface area contributed by atoms with Gasteiger partial charge in [0.25, 0.3) is 0 Å². The van der Waals surface area contributed by atoms with Gasteiger partial charge in [-0.3, -0.25) is 4.79 Å². The maximum absolute atomic E-state index is 10.4. The molecular formula is C14H18O4. The summed E-state index contributed by atoms with van der Waals surface area (Å²) >= 11 is 0. The Hall–Kier alpha value is -1.84. The van der Waals surface area contributed by atoms with E-state index in [2.05, 4.69) is 0 Å². The summed E-state index contributed by atoms with van der Waals surface area (Å²) in [6, 6.07) is 8.30. The largest absolute Gasteiger partial charge is 0.481 e. The van der Waals surface area contributed by atoms with Gasteiger partial charge in [-0.15, -0.1) is 0 Å². The van der Waals surface area contributed by atoms with Gasteiger partial charge >= 0.3 is 11.9 Å². The maximum atomic E-state index is 10.4. The molecule has 0 aromatic heterocycles. The second-order valence-corrected chi connectivity index (χ2v) is 4.34. The van der Waals surface area contributed by atoms with Gasteiger partial charge in [0, 0.05) is 0 Å². The lowest BCUT2D eigenvalue weighted by atomic mass is 9.90. The average molecular weight is 250 g/mol. The number of carboxylic acid groups (broad SMARTS) is 2. The van der Waals surface area contributed by atoms with Crippen molar-refractivity contribution in [2.24, 2.45) is 5.92 Å². The number of hydrogen-bond acceptors (Lipinski definition) is 2. The van der Waals surface area contributed by atoms with E-state index < -0.39 is 11.9 Å². The first-order valence-corrected chi connectivity index (χ1v) is 6.12. The van der Waals surface area contributed by atoms with Gasteiger partial charge in [-0.2, -0.15) is 0 Å². The molecule has 0 atom stereocenters. The summed E-state index contributed by atoms with van der Waals surface area (Å²) in [6.45, 7) is 0. The third-order valence-electron chi connectivity index (χ3n) is 2.98. The highest BCUT2D eigenvalue weighted by Crippen LogP contribution is 2.23. The molecule has 1 aliphatic rings. The Morgan fingerprint density at radius 3 is 1.83 bits per heavy atom. The van der Waals surface area contributed by atoms with Gasteiger partial charge in [0.05, 0.1) is 11.5 Å². The van der Waals surface area contributed by atoms with Gasteiger partial charge in [0.1, 0.15) is 0 Å². The summed E-state index contributed by atoms with van der Waals surface area (Å²) in [5, 5.41) is 16.9. The number of rotatable bonds is 2. The molecule has 0 amide bonds. The van der Waals surface area contributed by atoms with Gasteiger partial charge < -0.3 is 10.2 Å². The summed E-state index contributed by atoms with van der Waals surface area (Å²) < 4.78 is 0. The average Bonchev–Trinajstić information content (AvgIpc) is 2.41. The topological polar surface area (TPSA) is 74.6 Å². The quantitative estimate of drug-likeness (QED) is 0.846. The molecular weight excluding hydrogens is 232 g/mol. The van der Waals surface area contributed by atoms with Crippen molar-refractivity contribution in [2.45, 2.75) is 32.1 Å². The van der Waals surface area contributed by atoms with Crippen molar-refractivity contribution < 1.29 is 19.8 Å². The van der Waals surface area contributed by atoms with Crippen molar-refractivity contribution in [1.29, 1.82) is 0 Å². The highest BCUT2D eigenvalue weighted by atomic mass is 16.4. The van der Waals surface area contributed by atoms with E-state index >= 15 is 0 Å². The number of hydrogen-bond donors (Lipinski definition) is 2. The normalized spacial score (nSPS) is 15.3. The molecule has 0 spiro atoms. The molecule has 2 N–H and O–H groups in total. The van der Waals surface area contributed by atoms with Gasteiger partial charge in [-0.1, -0.05) is 37.5 Å². The van der Waals surface area contributed by atoms with E-state index in [1.165, 1.54) is 6.42 Å². The van der Waals surface area contributed by atoms with Crippen molar-refractivity contribution in [1.82, 2.24) is 0 Å². The molecule has 4 heteroatoms. The fourth-order valence-electron chi connectivity index (χ4n) is 1.93. The molecule has 0 radical (unpaired) electrons. The van der Waals surface area contributed by atoms with Crippen LogP contribution in [0.25, 0.3) is 0 Å². The van der Waals surface area contributed by atoms with Crippen LogP contribution >= 0.6 is 0 Å². The number of carbonyl (C=O) groups is 2. The van der Waals surface area contributed by atoms with Gasteiger partial charge in [-0.05, 0) is 25.0 Å². The van der Waals surface area contributed by atoms with Crippen LogP contribution in [0.4, 0.5) is 0 Å². The molecule has 0 heterocycles. The van der Waals surface area contributed by atoms with Crippen molar-refractivity contribution in [3.05, 3.63) is 35.9 Å². The lowest BCUT2D eigenvalue weighted by Crippen LogP contribution is -2.16. The number of aliphatic carboxylic acids is 1. The van der Waals surface area contributed by atoms with Crippen LogP contribution in [0.1, 0.15) is 42.5 Å². The molecule has 1 aliphatic carbocycles. The Balaban J connectivity index is 0.000000180. The van der Waals surface area contributed by atoms with Crippen molar-refractivity contribution >= 4 is 11.9 Å². The zero-order chi connectivity index (χ0) is 13.4. The summed E-state index contributed by atoms with van der Waals surface area (Å²) in [6.07, 6.45) is 5.24. The Morgan fingerprint density at radius 2 is 1.50 bits per heavy atom. The standard InChI is InChI=1S/C7H12O2.C7H6O2/c2*8-7(9)6-4-2-1-3-5-6/h6H,1-5H2,(H,8,9);1-5H,(H,8,9). The first-order chi connectivity index (χ1) is 8.61. The molecule has 1 saturated carbocycles. The smallest absolute Gasteiger partial charge is 0.335 e. The molecule has 98 valence electrons. The lowest BCUT2D eigenvalue weighted by molar-refractivity contribution is -0.142. The number of carboxylic acids is 2. The first kappa shape index (κ1) is 14.2. The zero-order valence-electron chi connectivity index (χ0n) is 10.2. The third kappa shape index (κ3) is 4.99. The molecule has 0 saturated heterocycles. The highest BCUT2D eigenvalue weighted by molar-refractivity contribution is 5.87. The van der Waals surface area contributed by atoms with E-state index in [1.54, 1.807) is 30.3 Å². The van der Waals surface area contributed by atoms with Crippen LogP contribution in [0.2, 0.25) is 0 Å². The van der Waals surface area contributed by atoms with Crippen LogP contribution in [-0.4, -0.2) is 22.2 Å². The molecule has 0 bridgehead atoms. The molecule has 0 unspecified atom stereocenters. The summed E-state index contributed by atoms with van der Waals surface area (Å²) in [7, 11) is 0. The van der Waals surface area contributed by atoms with Gasteiger partial charge in [-0.25, -0.2) is 4.79 Å². The molecule has 1 aromatic rings. The SMILES string of the molecule is O=C(O)C1CCCCC1.O=C(O)c1ccccc1. The predicted octanol–water partition coefficient (Wildman–Crippen LogP) is 3.04. The van der Waals surface area contributed by atoms with Crippen molar-refractivity contribution in [3.8, 4) is 0 Å². The molecule has 2 rings (SSSR count). The third-order valence-corrected chi connectivity index (χ3v) is 2.98. The van der Waals surface area contributed by atoms with Crippen LogP contribution < -0.4 is 0 Å². The van der Waals surface area contributed by atoms with E-state index in [4.69, 9.17) is 10.2 Å². The Bertz CT molecular complexity index is 380. The van der Waals surface area contributed by atoms with E-state index in [-0.39, 0.29) is 5.92 Å². The fraction of sp³-hybridized carbons (Fsp3) is 0.429. The van der Waals surface area contributed by atoms with Crippen molar-refractivity contribution in [3.63, 3.8) is 0 Å². The zero-order valence-corrected chi connectivity index (χ0v) is 10.2. The van der Waals surface area contributed by atoms with Crippen LogP contribution in [0.3, 0.4) is 0 Å². The molecule has 4 nitrogen and oxygen atoms in total. The van der Waals surface area contributed by atoms with Gasteiger partial charge in [0.15, 0.2) is 0 Å². The molecule has 1 fully saturated rings. The van der Waals surface area contributed by atoms with E-state index in [9.17, 15) is 9.59 Å². The van der Waals surface area contributed by atoms with E-state index in [0.717, 1.165) is 25.7 Å². The summed E-state index contributed by atoms with van der Waals surface area (Å²) in [5.74, 6) is -1.51. The molecule has 18 heavy (non-hydrogen) atoms. The van der Waals surface area contributed by atoms with E-state index in [1.807, 2.05) is 0 Å². The Kier molecular flexibility index (Phi) is 5.91. The van der Waals surface area contributed by atoms with Crippen LogP contribution in [0.5, 0.6) is 0 Å². The fourth-order valence-corrected chi connectivity index (χ4v) is 1.93. The van der Waals surface area contributed by atoms with Crippen molar-refractivity contribution in [2.75, 3.05) is 0 Å². The first-order valence-electron chi connectivity index (χ1n) is 6.12. The van der Waals surface area contributed by atoms with Crippen LogP contribution in [0.15, 0.2) is 30.3 Å². The monoisotopic (exact) mass is 250 g/mol. The minimum Gasteiger partial charge on any atom is -0.481 e. The summed E-state index contributed by atoms with van der Waals surface area (Å²) in [4.78, 5) is 20.6. The second kappa shape index (κ2) is 7.48. The Morgan fingerprint density at radius 1 is 0.944 bits per heavy atom. The van der Waals surface area contributed by atoms with Crippen LogP contribution in [0, 0.1) is 5.92 Å². The highest BCUT2D eigenvalue weighted by Gasteiger charge is 2.19.